The van der Waals surface area contributed by atoms with Gasteiger partial charge in [0, 0.05) is 46.2 Å². The number of rotatable bonds is 5. The van der Waals surface area contributed by atoms with Crippen LogP contribution in [-0.2, 0) is 9.47 Å². The molecule has 3 aromatic carbocycles. The van der Waals surface area contributed by atoms with E-state index in [0.29, 0.717) is 21.7 Å². The average molecular weight is 712 g/mol. The van der Waals surface area contributed by atoms with Crippen molar-refractivity contribution in [1.29, 1.82) is 5.41 Å². The van der Waals surface area contributed by atoms with Gasteiger partial charge in [-0.15, -0.1) is 0 Å². The first-order valence-corrected chi connectivity index (χ1v) is 16.7. The molecule has 0 amide bonds. The maximum Gasteiger partial charge on any atom is 0.262 e. The number of quaternary nitrogens is 1. The average Bonchev–Trinajstić information content (AvgIpc) is 3.56. The number of carbonyl (C=O) groups excluding carboxylic acids is 2. The fraction of sp³-hybridized carbons (Fsp3) is 0.333. The first kappa shape index (κ1) is 33.9. The summed E-state index contributed by atoms with van der Waals surface area (Å²) in [5.74, 6) is -2.86. The molecule has 0 saturated carbocycles. The summed E-state index contributed by atoms with van der Waals surface area (Å²) < 4.78 is 24.4. The number of nitrogens with zero attached hydrogens (tertiary/aromatic N) is 3. The second-order valence-electron chi connectivity index (χ2n) is 12.8. The number of hydrogen-bond acceptors (Lipinski definition) is 13. The molecule has 5 aliphatic rings. The third-order valence-electron chi connectivity index (χ3n) is 9.80. The number of ketones is 2. The molecule has 7 atom stereocenters. The topological polar surface area (TPSA) is 240 Å². The van der Waals surface area contributed by atoms with Crippen LogP contribution in [0.2, 0.25) is 0 Å². The van der Waals surface area contributed by atoms with Crippen molar-refractivity contribution in [2.75, 3.05) is 33.1 Å². The Morgan fingerprint density at radius 2 is 1.69 bits per heavy atom. The lowest BCUT2D eigenvalue weighted by atomic mass is 9.79. The van der Waals surface area contributed by atoms with E-state index in [2.05, 4.69) is 15.0 Å². The Morgan fingerprint density at radius 3 is 2.48 bits per heavy atom. The maximum absolute atomic E-state index is 14.2. The van der Waals surface area contributed by atoms with Crippen molar-refractivity contribution < 1.29 is 59.0 Å². The maximum atomic E-state index is 14.2. The van der Waals surface area contributed by atoms with Gasteiger partial charge in [-0.25, -0.2) is 14.9 Å². The van der Waals surface area contributed by atoms with Gasteiger partial charge in [0.25, 0.3) is 5.84 Å². The number of nitrogens with one attached hydrogen (secondary N) is 2. The van der Waals surface area contributed by atoms with Gasteiger partial charge in [-0.1, -0.05) is 42.5 Å². The van der Waals surface area contributed by atoms with E-state index in [0.717, 1.165) is 0 Å². The molecule has 2 bridgehead atoms. The van der Waals surface area contributed by atoms with Crippen molar-refractivity contribution >= 4 is 40.7 Å². The predicted molar refractivity (Wildman–Crippen MR) is 179 cm³/mol. The Hall–Kier alpha value is -5.20. The van der Waals surface area contributed by atoms with Crippen molar-refractivity contribution in [2.45, 2.75) is 43.0 Å². The molecule has 0 aromatic heterocycles. The zero-order chi connectivity index (χ0) is 36.3. The summed E-state index contributed by atoms with van der Waals surface area (Å²) in [4.78, 5) is 41.2. The lowest BCUT2D eigenvalue weighted by Gasteiger charge is -2.40. The molecule has 4 aliphatic heterocycles. The summed E-state index contributed by atoms with van der Waals surface area (Å²) in [5, 5.41) is 63.2. The number of aliphatic imine (C=N–C) groups is 3. The van der Waals surface area contributed by atoms with Gasteiger partial charge < -0.3 is 44.5 Å². The Kier molecular flexibility index (Phi) is 8.75. The van der Waals surface area contributed by atoms with Crippen LogP contribution in [0.3, 0.4) is 0 Å². The third kappa shape index (κ3) is 5.52. The van der Waals surface area contributed by atoms with Crippen LogP contribution in [0.5, 0.6) is 11.5 Å². The number of para-hydroxylation sites is 1. The largest absolute Gasteiger partial charge is 0.857 e. The predicted octanol–water partition coefficient (Wildman–Crippen LogP) is -1.39. The number of benzene rings is 3. The zero-order valence-electron chi connectivity index (χ0n) is 27.4. The van der Waals surface area contributed by atoms with E-state index < -0.39 is 66.7 Å². The molecule has 1 fully saturated rings. The van der Waals surface area contributed by atoms with Crippen molar-refractivity contribution in [3.63, 3.8) is 0 Å². The minimum atomic E-state index is -1.77. The number of amidine groups is 1. The molecular formula is C36H33N5O11. The van der Waals surface area contributed by atoms with Gasteiger partial charge in [0.15, 0.2) is 35.4 Å². The molecule has 268 valence electrons. The summed E-state index contributed by atoms with van der Waals surface area (Å²) in [6, 6.07) is 15.2. The Balaban J connectivity index is 1.36. The molecule has 4 heterocycles. The van der Waals surface area contributed by atoms with Gasteiger partial charge in [0.1, 0.15) is 36.7 Å². The third-order valence-corrected chi connectivity index (χ3v) is 9.80. The number of guanidine groups is 1. The highest BCUT2D eigenvalue weighted by atomic mass is 16.7. The minimum absolute atomic E-state index is 0.0205. The molecule has 7 unspecified atom stereocenters. The fourth-order valence-electron chi connectivity index (χ4n) is 7.34. The van der Waals surface area contributed by atoms with Crippen molar-refractivity contribution in [1.82, 2.24) is 0 Å². The van der Waals surface area contributed by atoms with E-state index in [-0.39, 0.29) is 78.2 Å². The van der Waals surface area contributed by atoms with E-state index in [1.807, 2.05) is 12.1 Å². The molecule has 8 rings (SSSR count). The molecule has 6 N–H and O–H groups in total. The molecule has 16 heteroatoms. The number of carbonyl (C=O) groups is 2. The van der Waals surface area contributed by atoms with Crippen molar-refractivity contribution in [3.05, 3.63) is 88.0 Å². The van der Waals surface area contributed by atoms with Crippen molar-refractivity contribution in [3.8, 4) is 11.5 Å². The molecular weight excluding hydrogens is 678 g/mol. The van der Waals surface area contributed by atoms with Crippen LogP contribution >= 0.6 is 0 Å². The van der Waals surface area contributed by atoms with Gasteiger partial charge in [-0.05, 0) is 18.6 Å². The van der Waals surface area contributed by atoms with Gasteiger partial charge in [-0.3, -0.25) is 15.0 Å². The van der Waals surface area contributed by atoms with Gasteiger partial charge in [-0.2, -0.15) is 4.99 Å². The molecule has 3 aromatic rings. The highest BCUT2D eigenvalue weighted by Crippen LogP contribution is 2.48. The number of hydrogen-bond donors (Lipinski definition) is 6. The second kappa shape index (κ2) is 13.4. The van der Waals surface area contributed by atoms with E-state index in [1.54, 1.807) is 36.4 Å². The first-order chi connectivity index (χ1) is 25.2. The fourth-order valence-corrected chi connectivity index (χ4v) is 7.34. The summed E-state index contributed by atoms with van der Waals surface area (Å²) in [5.41, 5.74) is 1.88. The summed E-state index contributed by atoms with van der Waals surface area (Å²) in [6.07, 6.45) is -7.47. The number of aliphatic hydroxyl groups excluding tert-OH is 4. The van der Waals surface area contributed by atoms with E-state index in [4.69, 9.17) is 24.4 Å². The number of fused-ring (bicyclic) bond motifs is 6. The minimum Gasteiger partial charge on any atom is -0.857 e. The van der Waals surface area contributed by atoms with E-state index in [1.165, 1.54) is 6.07 Å². The lowest BCUT2D eigenvalue weighted by molar-refractivity contribution is -0.723. The quantitative estimate of drug-likeness (QED) is 0.141. The summed E-state index contributed by atoms with van der Waals surface area (Å²) >= 11 is 0. The molecule has 0 spiro atoms. The van der Waals surface area contributed by atoms with Crippen LogP contribution in [0.25, 0.3) is 0 Å². The van der Waals surface area contributed by atoms with Crippen molar-refractivity contribution in [2.24, 2.45) is 15.0 Å². The number of ether oxygens (including phenoxy) is 4. The Morgan fingerprint density at radius 1 is 0.942 bits per heavy atom. The highest BCUT2D eigenvalue weighted by molar-refractivity contribution is 6.66. The van der Waals surface area contributed by atoms with E-state index in [9.17, 15) is 35.1 Å². The van der Waals surface area contributed by atoms with Crippen LogP contribution in [-0.4, -0.2) is 119 Å². The van der Waals surface area contributed by atoms with Crippen LogP contribution < -0.4 is 19.5 Å². The van der Waals surface area contributed by atoms with E-state index >= 15 is 0 Å². The number of aliphatic hydroxyl groups is 4. The standard InChI is InChI=1S/C36H33N5O11/c37-36-39-33-25(34(48)40-36)38-15-41(33)22-8-4-3-5-17(22)16-9-11-49-14-23-28(45)29(46)30(47)35(51-23)52-31-20(16)13-21-24(32(31)50-12-10-42)27(44)19-7-2-1-6-18(19)26(21)43/h1-8,13,16,23,28-30,35,42,45-47H,9-12,14-15H2,(H2,37,40,48). The molecule has 1 aliphatic carbocycles. The molecule has 16 nitrogen and oxygen atoms in total. The Labute approximate surface area is 295 Å². The molecule has 0 radical (unpaired) electrons. The summed E-state index contributed by atoms with van der Waals surface area (Å²) in [7, 11) is 0. The second-order valence-corrected chi connectivity index (χ2v) is 12.8. The van der Waals surface area contributed by atoms with Gasteiger partial charge in [0.2, 0.25) is 12.2 Å². The summed E-state index contributed by atoms with van der Waals surface area (Å²) in [6.45, 7) is -0.805. The zero-order valence-corrected chi connectivity index (χ0v) is 27.4. The first-order valence-electron chi connectivity index (χ1n) is 16.7. The van der Waals surface area contributed by atoms with Gasteiger partial charge >= 0.3 is 0 Å². The van der Waals surface area contributed by atoms with Crippen LogP contribution in [0, 0.1) is 5.41 Å². The SMILES string of the molecule is N=C1N=C([O-])C2=NC[NH+](c3ccccc3C3CCOCC4OC(Oc5c3cc3c(c5OCCO)C(=O)c5ccccc5C3=O)C(O)C(O)C4O)C2=N1. The van der Waals surface area contributed by atoms with Crippen LogP contribution in [0.4, 0.5) is 5.69 Å². The highest BCUT2D eigenvalue weighted by Gasteiger charge is 2.47. The van der Waals surface area contributed by atoms with Crippen LogP contribution in [0.15, 0.2) is 69.6 Å². The van der Waals surface area contributed by atoms with Gasteiger partial charge in [0.05, 0.1) is 18.8 Å². The molecule has 52 heavy (non-hydrogen) atoms. The monoisotopic (exact) mass is 711 g/mol. The molecule has 1 saturated heterocycles. The smallest absolute Gasteiger partial charge is 0.262 e. The Bertz CT molecular complexity index is 2100. The van der Waals surface area contributed by atoms with Crippen LogP contribution in [0.1, 0.15) is 55.3 Å². The lowest BCUT2D eigenvalue weighted by Crippen LogP contribution is -3.09. The normalized spacial score (nSPS) is 28.2.